The molecule has 0 spiro atoms. The van der Waals surface area contributed by atoms with E-state index >= 15 is 0 Å². The second-order valence-electron chi connectivity index (χ2n) is 8.84. The predicted molar refractivity (Wildman–Crippen MR) is 135 cm³/mol. The van der Waals surface area contributed by atoms with E-state index < -0.39 is 15.9 Å². The second-order valence-corrected chi connectivity index (χ2v) is 10.6. The summed E-state index contributed by atoms with van der Waals surface area (Å²) in [5.41, 5.74) is 1.37. The van der Waals surface area contributed by atoms with Gasteiger partial charge in [0.25, 0.3) is 5.91 Å². The standard InChI is InChI=1S/C25H32N4O5S/c1-4-5-14-26-35(33,34)22-12-10-21(11-13-22)27-24(31)18-6-8-20(9-7-18)28-25(32)19-15-23(30)29(16-19)17(2)3/h6-13,17,19,26H,4-5,14-16H2,1-3H3,(H,27,31)(H,28,32). The minimum atomic E-state index is -3.58. The highest BCUT2D eigenvalue weighted by Crippen LogP contribution is 2.22. The van der Waals surface area contributed by atoms with Gasteiger partial charge in [0.15, 0.2) is 0 Å². The summed E-state index contributed by atoms with van der Waals surface area (Å²) < 4.78 is 27.1. The fourth-order valence-electron chi connectivity index (χ4n) is 3.74. The third-order valence-corrected chi connectivity index (χ3v) is 7.29. The van der Waals surface area contributed by atoms with Crippen LogP contribution in [0.25, 0.3) is 0 Å². The first kappa shape index (κ1) is 26.4. The molecule has 1 aliphatic rings. The Morgan fingerprint density at radius 2 is 1.60 bits per heavy atom. The molecule has 0 aromatic heterocycles. The molecule has 35 heavy (non-hydrogen) atoms. The Bertz CT molecular complexity index is 1160. The number of nitrogens with one attached hydrogen (secondary N) is 3. The lowest BCUT2D eigenvalue weighted by molar-refractivity contribution is -0.129. The minimum absolute atomic E-state index is 0.0226. The Kier molecular flexibility index (Phi) is 8.63. The molecule has 1 saturated heterocycles. The van der Waals surface area contributed by atoms with Crippen molar-refractivity contribution in [2.24, 2.45) is 5.92 Å². The SMILES string of the molecule is CCCCNS(=O)(=O)c1ccc(NC(=O)c2ccc(NC(=O)C3CC(=O)N(C(C)C)C3)cc2)cc1. The zero-order valence-electron chi connectivity index (χ0n) is 20.2. The van der Waals surface area contributed by atoms with Crippen LogP contribution in [-0.4, -0.2) is 50.2 Å². The van der Waals surface area contributed by atoms with E-state index in [0.29, 0.717) is 30.0 Å². The van der Waals surface area contributed by atoms with Crippen molar-refractivity contribution in [1.82, 2.24) is 9.62 Å². The number of nitrogens with zero attached hydrogens (tertiary/aromatic N) is 1. The fourth-order valence-corrected chi connectivity index (χ4v) is 4.82. The fraction of sp³-hybridized carbons (Fsp3) is 0.400. The first-order chi connectivity index (χ1) is 16.6. The van der Waals surface area contributed by atoms with Gasteiger partial charge in [-0.25, -0.2) is 13.1 Å². The number of hydrogen-bond donors (Lipinski definition) is 3. The molecule has 1 heterocycles. The van der Waals surface area contributed by atoms with E-state index in [1.165, 1.54) is 24.3 Å². The first-order valence-electron chi connectivity index (χ1n) is 11.7. The molecular formula is C25H32N4O5S. The normalized spacial score (nSPS) is 15.9. The number of rotatable bonds is 10. The van der Waals surface area contributed by atoms with Crippen LogP contribution >= 0.6 is 0 Å². The summed E-state index contributed by atoms with van der Waals surface area (Å²) in [5, 5.41) is 5.54. The van der Waals surface area contributed by atoms with Crippen LogP contribution in [0.5, 0.6) is 0 Å². The number of carbonyl (C=O) groups is 3. The van der Waals surface area contributed by atoms with E-state index in [4.69, 9.17) is 0 Å². The van der Waals surface area contributed by atoms with Crippen molar-refractivity contribution in [3.63, 3.8) is 0 Å². The lowest BCUT2D eigenvalue weighted by atomic mass is 10.1. The van der Waals surface area contributed by atoms with Gasteiger partial charge < -0.3 is 15.5 Å². The highest BCUT2D eigenvalue weighted by Gasteiger charge is 2.35. The topological polar surface area (TPSA) is 125 Å². The molecule has 9 nitrogen and oxygen atoms in total. The molecular weight excluding hydrogens is 468 g/mol. The molecule has 2 aromatic rings. The van der Waals surface area contributed by atoms with E-state index in [9.17, 15) is 22.8 Å². The Morgan fingerprint density at radius 3 is 2.17 bits per heavy atom. The molecule has 2 aromatic carbocycles. The van der Waals surface area contributed by atoms with Gasteiger partial charge in [-0.2, -0.15) is 0 Å². The number of amides is 3. The van der Waals surface area contributed by atoms with E-state index in [1.54, 1.807) is 29.2 Å². The lowest BCUT2D eigenvalue weighted by Gasteiger charge is -2.20. The van der Waals surface area contributed by atoms with Gasteiger partial charge in [-0.3, -0.25) is 14.4 Å². The lowest BCUT2D eigenvalue weighted by Crippen LogP contribution is -2.33. The summed E-state index contributed by atoms with van der Waals surface area (Å²) in [6.07, 6.45) is 1.84. The van der Waals surface area contributed by atoms with Crippen LogP contribution in [0.1, 0.15) is 50.4 Å². The Labute approximate surface area is 206 Å². The Balaban J connectivity index is 1.55. The van der Waals surface area contributed by atoms with Crippen molar-refractivity contribution < 1.29 is 22.8 Å². The summed E-state index contributed by atoms with van der Waals surface area (Å²) in [6, 6.07) is 12.4. The molecule has 3 amide bonds. The van der Waals surface area contributed by atoms with E-state index in [0.717, 1.165) is 12.8 Å². The van der Waals surface area contributed by atoms with E-state index in [1.807, 2.05) is 20.8 Å². The van der Waals surface area contributed by atoms with Gasteiger partial charge in [-0.05, 0) is 68.8 Å². The highest BCUT2D eigenvalue weighted by atomic mass is 32.2. The zero-order chi connectivity index (χ0) is 25.6. The van der Waals surface area contributed by atoms with Crippen LogP contribution in [-0.2, 0) is 19.6 Å². The van der Waals surface area contributed by atoms with Crippen LogP contribution in [0.15, 0.2) is 53.4 Å². The van der Waals surface area contributed by atoms with Gasteiger partial charge in [0.05, 0.1) is 10.8 Å². The molecule has 1 unspecified atom stereocenters. The summed E-state index contributed by atoms with van der Waals surface area (Å²) >= 11 is 0. The highest BCUT2D eigenvalue weighted by molar-refractivity contribution is 7.89. The number of carbonyl (C=O) groups excluding carboxylic acids is 3. The molecule has 0 bridgehead atoms. The molecule has 10 heteroatoms. The summed E-state index contributed by atoms with van der Waals surface area (Å²) in [7, 11) is -3.58. The average molecular weight is 501 g/mol. The van der Waals surface area contributed by atoms with Crippen molar-refractivity contribution >= 4 is 39.1 Å². The number of hydrogen-bond acceptors (Lipinski definition) is 5. The molecule has 0 saturated carbocycles. The summed E-state index contributed by atoms with van der Waals surface area (Å²) in [6.45, 7) is 6.60. The van der Waals surface area contributed by atoms with Crippen molar-refractivity contribution in [3.8, 4) is 0 Å². The van der Waals surface area contributed by atoms with E-state index in [2.05, 4.69) is 15.4 Å². The first-order valence-corrected chi connectivity index (χ1v) is 13.2. The number of likely N-dealkylation sites (tertiary alicyclic amines) is 1. The van der Waals surface area contributed by atoms with Gasteiger partial charge in [0, 0.05) is 42.5 Å². The second kappa shape index (κ2) is 11.5. The quantitative estimate of drug-likeness (QED) is 0.432. The van der Waals surface area contributed by atoms with Gasteiger partial charge in [0.2, 0.25) is 21.8 Å². The molecule has 3 N–H and O–H groups in total. The molecule has 1 atom stereocenters. The van der Waals surface area contributed by atoms with Gasteiger partial charge >= 0.3 is 0 Å². The predicted octanol–water partition coefficient (Wildman–Crippen LogP) is 3.21. The summed E-state index contributed by atoms with van der Waals surface area (Å²) in [4.78, 5) is 39.0. The number of benzene rings is 2. The number of unbranched alkanes of at least 4 members (excludes halogenated alkanes) is 1. The van der Waals surface area contributed by atoms with Crippen LogP contribution in [0.2, 0.25) is 0 Å². The maximum atomic E-state index is 12.6. The molecule has 3 rings (SSSR count). The van der Waals surface area contributed by atoms with Gasteiger partial charge in [0.1, 0.15) is 0 Å². The Hall–Kier alpha value is -3.24. The van der Waals surface area contributed by atoms with Crippen molar-refractivity contribution in [2.45, 2.75) is 51.0 Å². The number of anilines is 2. The summed E-state index contributed by atoms with van der Waals surface area (Å²) in [5.74, 6) is -1.02. The zero-order valence-corrected chi connectivity index (χ0v) is 21.0. The largest absolute Gasteiger partial charge is 0.339 e. The third kappa shape index (κ3) is 6.89. The molecule has 1 aliphatic heterocycles. The van der Waals surface area contributed by atoms with Crippen LogP contribution in [0.3, 0.4) is 0 Å². The van der Waals surface area contributed by atoms with Gasteiger partial charge in [-0.1, -0.05) is 13.3 Å². The molecule has 0 aliphatic carbocycles. The van der Waals surface area contributed by atoms with Crippen molar-refractivity contribution in [2.75, 3.05) is 23.7 Å². The minimum Gasteiger partial charge on any atom is -0.339 e. The van der Waals surface area contributed by atoms with Crippen LogP contribution in [0.4, 0.5) is 11.4 Å². The van der Waals surface area contributed by atoms with Gasteiger partial charge in [-0.15, -0.1) is 0 Å². The maximum Gasteiger partial charge on any atom is 0.255 e. The van der Waals surface area contributed by atoms with Crippen molar-refractivity contribution in [1.29, 1.82) is 0 Å². The smallest absolute Gasteiger partial charge is 0.255 e. The molecule has 188 valence electrons. The third-order valence-electron chi connectivity index (χ3n) is 5.81. The molecule has 1 fully saturated rings. The van der Waals surface area contributed by atoms with Crippen LogP contribution in [0, 0.1) is 5.92 Å². The molecule has 0 radical (unpaired) electrons. The Morgan fingerprint density at radius 1 is 1.00 bits per heavy atom. The average Bonchev–Trinajstić information content (AvgIpc) is 3.22. The van der Waals surface area contributed by atoms with Crippen molar-refractivity contribution in [3.05, 3.63) is 54.1 Å². The van der Waals surface area contributed by atoms with E-state index in [-0.39, 0.29) is 35.1 Å². The monoisotopic (exact) mass is 500 g/mol. The maximum absolute atomic E-state index is 12.6. The van der Waals surface area contributed by atoms with Crippen LogP contribution < -0.4 is 15.4 Å². The number of sulfonamides is 1.